The fourth-order valence-corrected chi connectivity index (χ4v) is 1.95. The van der Waals surface area contributed by atoms with Gasteiger partial charge in [0.05, 0.1) is 11.1 Å². The lowest BCUT2D eigenvalue weighted by atomic mass is 10.1. The van der Waals surface area contributed by atoms with E-state index in [0.29, 0.717) is 16.8 Å². The molecule has 0 bridgehead atoms. The summed E-state index contributed by atoms with van der Waals surface area (Å²) >= 11 is 0. The minimum absolute atomic E-state index is 0.0764. The predicted octanol–water partition coefficient (Wildman–Crippen LogP) is 3.39. The van der Waals surface area contributed by atoms with Crippen molar-refractivity contribution in [1.29, 1.82) is 0 Å². The maximum atomic E-state index is 13.9. The van der Waals surface area contributed by atoms with Gasteiger partial charge in [0.2, 0.25) is 0 Å². The highest BCUT2D eigenvalue weighted by Gasteiger charge is 2.14. The van der Waals surface area contributed by atoms with Gasteiger partial charge < -0.3 is 10.4 Å². The third kappa shape index (κ3) is 3.08. The van der Waals surface area contributed by atoms with Gasteiger partial charge in [-0.2, -0.15) is 0 Å². The molecule has 0 atom stereocenters. The van der Waals surface area contributed by atoms with Crippen LogP contribution in [0, 0.1) is 19.7 Å². The zero-order chi connectivity index (χ0) is 15.6. The molecule has 0 saturated heterocycles. The lowest BCUT2D eigenvalue weighted by Crippen LogP contribution is -2.15. The molecule has 0 aliphatic rings. The van der Waals surface area contributed by atoms with Crippen LogP contribution in [0.15, 0.2) is 36.4 Å². The molecule has 0 spiro atoms. The highest BCUT2D eigenvalue weighted by molar-refractivity contribution is 6.05. The molecule has 108 valence electrons. The Morgan fingerprint density at radius 2 is 1.76 bits per heavy atom. The number of carbonyl (C=O) groups is 2. The summed E-state index contributed by atoms with van der Waals surface area (Å²) in [5, 5.41) is 11.6. The van der Waals surface area contributed by atoms with Crippen LogP contribution in [-0.4, -0.2) is 17.0 Å². The number of rotatable bonds is 3. The van der Waals surface area contributed by atoms with Gasteiger partial charge in [0.15, 0.2) is 0 Å². The first-order chi connectivity index (χ1) is 9.90. The number of benzene rings is 2. The Hall–Kier alpha value is -2.69. The van der Waals surface area contributed by atoms with Crippen LogP contribution < -0.4 is 5.32 Å². The quantitative estimate of drug-likeness (QED) is 0.909. The van der Waals surface area contributed by atoms with Gasteiger partial charge in [-0.15, -0.1) is 0 Å². The van der Waals surface area contributed by atoms with Gasteiger partial charge in [-0.25, -0.2) is 9.18 Å². The SMILES string of the molecule is Cc1ccc(NC(=O)c2cccc(C)c2F)cc1C(=O)O. The fourth-order valence-electron chi connectivity index (χ4n) is 1.95. The van der Waals surface area contributed by atoms with Crippen LogP contribution in [0.5, 0.6) is 0 Å². The molecule has 0 aliphatic carbocycles. The van der Waals surface area contributed by atoms with Gasteiger partial charge in [0.25, 0.3) is 5.91 Å². The van der Waals surface area contributed by atoms with E-state index >= 15 is 0 Å². The molecule has 4 nitrogen and oxygen atoms in total. The second-order valence-corrected chi connectivity index (χ2v) is 4.73. The highest BCUT2D eigenvalue weighted by Crippen LogP contribution is 2.18. The monoisotopic (exact) mass is 287 g/mol. The zero-order valence-corrected chi connectivity index (χ0v) is 11.6. The highest BCUT2D eigenvalue weighted by atomic mass is 19.1. The van der Waals surface area contributed by atoms with Gasteiger partial charge in [-0.05, 0) is 43.2 Å². The number of carboxylic acid groups (broad SMARTS) is 1. The van der Waals surface area contributed by atoms with Crippen molar-refractivity contribution in [3.63, 3.8) is 0 Å². The lowest BCUT2D eigenvalue weighted by molar-refractivity contribution is 0.0695. The largest absolute Gasteiger partial charge is 0.478 e. The summed E-state index contributed by atoms with van der Waals surface area (Å²) in [6, 6.07) is 9.05. The second-order valence-electron chi connectivity index (χ2n) is 4.73. The number of carbonyl (C=O) groups excluding carboxylic acids is 1. The number of aromatic carboxylic acids is 1. The molecule has 2 rings (SSSR count). The normalized spacial score (nSPS) is 10.2. The molecule has 0 aromatic heterocycles. The fraction of sp³-hybridized carbons (Fsp3) is 0.125. The van der Waals surface area contributed by atoms with Crippen LogP contribution in [0.1, 0.15) is 31.8 Å². The minimum Gasteiger partial charge on any atom is -0.478 e. The van der Waals surface area contributed by atoms with Crippen LogP contribution in [0.3, 0.4) is 0 Å². The van der Waals surface area contributed by atoms with E-state index in [4.69, 9.17) is 5.11 Å². The molecule has 0 aliphatic heterocycles. The third-order valence-electron chi connectivity index (χ3n) is 3.16. The number of hydrogen-bond donors (Lipinski definition) is 2. The smallest absolute Gasteiger partial charge is 0.336 e. The number of hydrogen-bond acceptors (Lipinski definition) is 2. The van der Waals surface area contributed by atoms with E-state index in [0.717, 1.165) is 0 Å². The Balaban J connectivity index is 2.30. The minimum atomic E-state index is -1.08. The van der Waals surface area contributed by atoms with Crippen LogP contribution >= 0.6 is 0 Å². The van der Waals surface area contributed by atoms with Crippen molar-refractivity contribution in [2.24, 2.45) is 0 Å². The van der Waals surface area contributed by atoms with E-state index in [-0.39, 0.29) is 11.1 Å². The number of nitrogens with one attached hydrogen (secondary N) is 1. The Morgan fingerprint density at radius 3 is 2.43 bits per heavy atom. The number of amides is 1. The van der Waals surface area contributed by atoms with Crippen LogP contribution in [0.4, 0.5) is 10.1 Å². The van der Waals surface area contributed by atoms with Crippen molar-refractivity contribution in [2.45, 2.75) is 13.8 Å². The first-order valence-electron chi connectivity index (χ1n) is 6.30. The molecule has 0 saturated carbocycles. The summed E-state index contributed by atoms with van der Waals surface area (Å²) in [6.07, 6.45) is 0. The van der Waals surface area contributed by atoms with E-state index in [1.165, 1.54) is 12.1 Å². The molecule has 5 heteroatoms. The number of carboxylic acids is 1. The summed E-state index contributed by atoms with van der Waals surface area (Å²) in [6.45, 7) is 3.23. The summed E-state index contributed by atoms with van der Waals surface area (Å²) in [5.74, 6) is -2.28. The van der Waals surface area contributed by atoms with E-state index in [9.17, 15) is 14.0 Å². The summed E-state index contributed by atoms with van der Waals surface area (Å²) in [5.41, 5.74) is 1.29. The van der Waals surface area contributed by atoms with E-state index in [2.05, 4.69) is 5.32 Å². The zero-order valence-electron chi connectivity index (χ0n) is 11.6. The number of anilines is 1. The second kappa shape index (κ2) is 5.75. The number of aryl methyl sites for hydroxylation is 2. The molecule has 0 heterocycles. The average Bonchev–Trinajstić information content (AvgIpc) is 2.43. The van der Waals surface area contributed by atoms with Crippen molar-refractivity contribution >= 4 is 17.6 Å². The summed E-state index contributed by atoms with van der Waals surface area (Å²) < 4.78 is 13.9. The van der Waals surface area contributed by atoms with Crippen molar-refractivity contribution in [3.05, 3.63) is 64.5 Å². The van der Waals surface area contributed by atoms with Crippen LogP contribution in [0.25, 0.3) is 0 Å². The Kier molecular flexibility index (Phi) is 4.03. The van der Waals surface area contributed by atoms with Gasteiger partial charge in [0.1, 0.15) is 5.82 Å². The predicted molar refractivity (Wildman–Crippen MR) is 77.2 cm³/mol. The van der Waals surface area contributed by atoms with E-state index < -0.39 is 17.7 Å². The Labute approximate surface area is 121 Å². The van der Waals surface area contributed by atoms with E-state index in [1.54, 1.807) is 38.1 Å². The van der Waals surface area contributed by atoms with Gasteiger partial charge in [0, 0.05) is 5.69 Å². The molecule has 1 amide bonds. The molecular weight excluding hydrogens is 273 g/mol. The lowest BCUT2D eigenvalue weighted by Gasteiger charge is -2.09. The first-order valence-corrected chi connectivity index (χ1v) is 6.30. The van der Waals surface area contributed by atoms with Crippen LogP contribution in [-0.2, 0) is 0 Å². The molecule has 0 unspecified atom stereocenters. The topological polar surface area (TPSA) is 66.4 Å². The average molecular weight is 287 g/mol. The summed E-state index contributed by atoms with van der Waals surface area (Å²) in [4.78, 5) is 23.1. The maximum absolute atomic E-state index is 13.9. The van der Waals surface area contributed by atoms with Gasteiger partial charge in [-0.1, -0.05) is 18.2 Å². The van der Waals surface area contributed by atoms with Gasteiger partial charge >= 0.3 is 5.97 Å². The Morgan fingerprint density at radius 1 is 1.05 bits per heavy atom. The first kappa shape index (κ1) is 14.7. The molecule has 2 N–H and O–H groups in total. The number of halogens is 1. The molecule has 21 heavy (non-hydrogen) atoms. The Bertz CT molecular complexity index is 725. The van der Waals surface area contributed by atoms with Crippen molar-refractivity contribution in [3.8, 4) is 0 Å². The third-order valence-corrected chi connectivity index (χ3v) is 3.16. The standard InChI is InChI=1S/C16H14FNO3/c1-9-6-7-11(8-13(9)16(20)21)18-15(19)12-5-3-4-10(2)14(12)17/h3-8H,1-2H3,(H,18,19)(H,20,21). The molecule has 0 fully saturated rings. The molecule has 0 radical (unpaired) electrons. The van der Waals surface area contributed by atoms with E-state index in [1.807, 2.05) is 0 Å². The van der Waals surface area contributed by atoms with Crippen molar-refractivity contribution in [1.82, 2.24) is 0 Å². The van der Waals surface area contributed by atoms with Crippen LogP contribution in [0.2, 0.25) is 0 Å². The molecular formula is C16H14FNO3. The van der Waals surface area contributed by atoms with Gasteiger partial charge in [-0.3, -0.25) is 4.79 Å². The molecule has 2 aromatic rings. The van der Waals surface area contributed by atoms with Crippen molar-refractivity contribution in [2.75, 3.05) is 5.32 Å². The van der Waals surface area contributed by atoms with Crippen molar-refractivity contribution < 1.29 is 19.1 Å². The molecule has 2 aromatic carbocycles. The summed E-state index contributed by atoms with van der Waals surface area (Å²) in [7, 11) is 0. The maximum Gasteiger partial charge on any atom is 0.336 e.